The lowest BCUT2D eigenvalue weighted by atomic mass is 10.1. The van der Waals surface area contributed by atoms with Gasteiger partial charge in [-0.3, -0.25) is 0 Å². The molecule has 0 aliphatic carbocycles. The van der Waals surface area contributed by atoms with Crippen molar-refractivity contribution in [2.45, 2.75) is 19.0 Å². The standard InChI is InChI=1S/C13H19NO3/c1-15-12-3-4-13(16-2)10(7-12)8-14-11-5-6-17-9-11/h3-4,7,11,14H,5-6,8-9H2,1-2H3. The van der Waals surface area contributed by atoms with Crippen LogP contribution in [0.4, 0.5) is 0 Å². The summed E-state index contributed by atoms with van der Waals surface area (Å²) in [5.74, 6) is 1.74. The highest BCUT2D eigenvalue weighted by Gasteiger charge is 2.15. The van der Waals surface area contributed by atoms with Crippen molar-refractivity contribution in [2.75, 3.05) is 27.4 Å². The molecule has 2 rings (SSSR count). The van der Waals surface area contributed by atoms with Gasteiger partial charge in [0.25, 0.3) is 0 Å². The number of benzene rings is 1. The average Bonchev–Trinajstić information content (AvgIpc) is 2.89. The first-order valence-corrected chi connectivity index (χ1v) is 5.85. The van der Waals surface area contributed by atoms with E-state index >= 15 is 0 Å². The largest absolute Gasteiger partial charge is 0.497 e. The molecule has 1 aliphatic rings. The molecule has 1 fully saturated rings. The maximum absolute atomic E-state index is 5.33. The van der Waals surface area contributed by atoms with Gasteiger partial charge in [-0.1, -0.05) is 0 Å². The fourth-order valence-electron chi connectivity index (χ4n) is 1.97. The SMILES string of the molecule is COc1ccc(OC)c(CNC2CCOC2)c1. The van der Waals surface area contributed by atoms with Gasteiger partial charge in [0.2, 0.25) is 0 Å². The van der Waals surface area contributed by atoms with Crippen molar-refractivity contribution >= 4 is 0 Å². The molecule has 1 N–H and O–H groups in total. The van der Waals surface area contributed by atoms with Gasteiger partial charge >= 0.3 is 0 Å². The van der Waals surface area contributed by atoms with Crippen LogP contribution in [0.25, 0.3) is 0 Å². The molecule has 0 spiro atoms. The molecule has 1 heterocycles. The number of ether oxygens (including phenoxy) is 3. The Morgan fingerprint density at radius 1 is 1.35 bits per heavy atom. The second kappa shape index (κ2) is 5.89. The molecule has 1 aromatic carbocycles. The van der Waals surface area contributed by atoms with E-state index in [4.69, 9.17) is 14.2 Å². The summed E-state index contributed by atoms with van der Waals surface area (Å²) in [6.45, 7) is 2.42. The Balaban J connectivity index is 2.01. The van der Waals surface area contributed by atoms with E-state index in [0.717, 1.165) is 43.2 Å². The summed E-state index contributed by atoms with van der Waals surface area (Å²) in [4.78, 5) is 0. The smallest absolute Gasteiger partial charge is 0.123 e. The van der Waals surface area contributed by atoms with E-state index in [1.54, 1.807) is 14.2 Å². The van der Waals surface area contributed by atoms with Crippen LogP contribution in [-0.2, 0) is 11.3 Å². The molecule has 0 bridgehead atoms. The summed E-state index contributed by atoms with van der Waals surface area (Å²) in [7, 11) is 3.35. The number of hydrogen-bond acceptors (Lipinski definition) is 4. The molecule has 0 radical (unpaired) electrons. The molecule has 94 valence electrons. The summed E-state index contributed by atoms with van der Waals surface area (Å²) in [5.41, 5.74) is 1.11. The first kappa shape index (κ1) is 12.2. The Morgan fingerprint density at radius 3 is 2.88 bits per heavy atom. The quantitative estimate of drug-likeness (QED) is 0.844. The topological polar surface area (TPSA) is 39.7 Å². The molecule has 0 aromatic heterocycles. The van der Waals surface area contributed by atoms with E-state index in [1.165, 1.54) is 0 Å². The van der Waals surface area contributed by atoms with Gasteiger partial charge in [-0.25, -0.2) is 0 Å². The summed E-state index contributed by atoms with van der Waals surface area (Å²) < 4.78 is 15.9. The van der Waals surface area contributed by atoms with Crippen LogP contribution in [0.2, 0.25) is 0 Å². The Morgan fingerprint density at radius 2 is 2.24 bits per heavy atom. The van der Waals surface area contributed by atoms with Crippen LogP contribution < -0.4 is 14.8 Å². The lowest BCUT2D eigenvalue weighted by molar-refractivity contribution is 0.189. The third-order valence-electron chi connectivity index (χ3n) is 3.00. The summed E-state index contributed by atoms with van der Waals surface area (Å²) in [5, 5.41) is 3.46. The van der Waals surface area contributed by atoms with Gasteiger partial charge in [-0.05, 0) is 24.6 Å². The lowest BCUT2D eigenvalue weighted by Gasteiger charge is -2.14. The highest BCUT2D eigenvalue weighted by molar-refractivity contribution is 5.40. The van der Waals surface area contributed by atoms with Crippen LogP contribution in [0.3, 0.4) is 0 Å². The minimum Gasteiger partial charge on any atom is -0.497 e. The first-order chi connectivity index (χ1) is 8.33. The zero-order valence-corrected chi connectivity index (χ0v) is 10.4. The van der Waals surface area contributed by atoms with Crippen molar-refractivity contribution in [1.82, 2.24) is 5.32 Å². The van der Waals surface area contributed by atoms with Gasteiger partial charge in [0, 0.05) is 24.8 Å². The maximum Gasteiger partial charge on any atom is 0.123 e. The van der Waals surface area contributed by atoms with E-state index in [9.17, 15) is 0 Å². The molecule has 1 aliphatic heterocycles. The van der Waals surface area contributed by atoms with Crippen LogP contribution in [0.1, 0.15) is 12.0 Å². The molecule has 0 saturated carbocycles. The van der Waals surface area contributed by atoms with Gasteiger partial charge in [0.05, 0.1) is 20.8 Å². The van der Waals surface area contributed by atoms with E-state index < -0.39 is 0 Å². The van der Waals surface area contributed by atoms with Crippen LogP contribution >= 0.6 is 0 Å². The average molecular weight is 237 g/mol. The molecule has 1 atom stereocenters. The van der Waals surface area contributed by atoms with Gasteiger partial charge < -0.3 is 19.5 Å². The number of nitrogens with one attached hydrogen (secondary N) is 1. The predicted molar refractivity (Wildman–Crippen MR) is 65.6 cm³/mol. The third kappa shape index (κ3) is 3.11. The predicted octanol–water partition coefficient (Wildman–Crippen LogP) is 1.58. The number of rotatable bonds is 5. The highest BCUT2D eigenvalue weighted by atomic mass is 16.5. The Labute approximate surface area is 102 Å². The van der Waals surface area contributed by atoms with Crippen molar-refractivity contribution in [3.05, 3.63) is 23.8 Å². The molecular formula is C13H19NO3. The van der Waals surface area contributed by atoms with Crippen LogP contribution in [0.5, 0.6) is 11.5 Å². The number of hydrogen-bond donors (Lipinski definition) is 1. The van der Waals surface area contributed by atoms with Crippen molar-refractivity contribution in [2.24, 2.45) is 0 Å². The highest BCUT2D eigenvalue weighted by Crippen LogP contribution is 2.24. The number of methoxy groups -OCH3 is 2. The first-order valence-electron chi connectivity index (χ1n) is 5.85. The van der Waals surface area contributed by atoms with E-state index in [2.05, 4.69) is 5.32 Å². The van der Waals surface area contributed by atoms with Crippen LogP contribution in [-0.4, -0.2) is 33.5 Å². The molecule has 17 heavy (non-hydrogen) atoms. The van der Waals surface area contributed by atoms with Gasteiger partial charge in [0.1, 0.15) is 11.5 Å². The summed E-state index contributed by atoms with van der Waals surface area (Å²) in [6.07, 6.45) is 1.08. The van der Waals surface area contributed by atoms with E-state index in [-0.39, 0.29) is 0 Å². The van der Waals surface area contributed by atoms with Crippen molar-refractivity contribution in [3.63, 3.8) is 0 Å². The van der Waals surface area contributed by atoms with Gasteiger partial charge in [-0.15, -0.1) is 0 Å². The van der Waals surface area contributed by atoms with Crippen molar-refractivity contribution in [3.8, 4) is 11.5 Å². The Bertz CT molecular complexity index is 362. The fourth-order valence-corrected chi connectivity index (χ4v) is 1.97. The second-order valence-corrected chi connectivity index (χ2v) is 4.12. The van der Waals surface area contributed by atoms with Crippen LogP contribution in [0.15, 0.2) is 18.2 Å². The molecular weight excluding hydrogens is 218 g/mol. The van der Waals surface area contributed by atoms with Crippen molar-refractivity contribution in [1.29, 1.82) is 0 Å². The normalized spacial score (nSPS) is 19.3. The molecule has 4 nitrogen and oxygen atoms in total. The second-order valence-electron chi connectivity index (χ2n) is 4.12. The minimum atomic E-state index is 0.450. The Hall–Kier alpha value is -1.26. The minimum absolute atomic E-state index is 0.450. The van der Waals surface area contributed by atoms with Gasteiger partial charge in [-0.2, -0.15) is 0 Å². The molecule has 1 saturated heterocycles. The zero-order valence-electron chi connectivity index (χ0n) is 10.4. The van der Waals surface area contributed by atoms with Crippen molar-refractivity contribution < 1.29 is 14.2 Å². The molecule has 1 unspecified atom stereocenters. The Kier molecular flexibility index (Phi) is 4.23. The fraction of sp³-hybridized carbons (Fsp3) is 0.538. The summed E-state index contributed by atoms with van der Waals surface area (Å²) in [6, 6.07) is 6.29. The maximum atomic E-state index is 5.33. The van der Waals surface area contributed by atoms with Gasteiger partial charge in [0.15, 0.2) is 0 Å². The molecule has 0 amide bonds. The third-order valence-corrected chi connectivity index (χ3v) is 3.00. The molecule has 1 aromatic rings. The van der Waals surface area contributed by atoms with E-state index in [1.807, 2.05) is 18.2 Å². The monoisotopic (exact) mass is 237 g/mol. The van der Waals surface area contributed by atoms with E-state index in [0.29, 0.717) is 6.04 Å². The zero-order chi connectivity index (χ0) is 12.1. The molecule has 4 heteroatoms. The van der Waals surface area contributed by atoms with Crippen LogP contribution in [0, 0.1) is 0 Å². The lowest BCUT2D eigenvalue weighted by Crippen LogP contribution is -2.28. The summed E-state index contributed by atoms with van der Waals surface area (Å²) >= 11 is 0.